The third-order valence-corrected chi connectivity index (χ3v) is 3.94. The molecule has 0 spiro atoms. The summed E-state index contributed by atoms with van der Waals surface area (Å²) in [6.45, 7) is 1.12. The van der Waals surface area contributed by atoms with Crippen LogP contribution in [0.25, 0.3) is 0 Å². The smallest absolute Gasteiger partial charge is 0.184 e. The van der Waals surface area contributed by atoms with E-state index in [2.05, 4.69) is 4.98 Å². The molecule has 1 aliphatic carbocycles. The van der Waals surface area contributed by atoms with E-state index in [1.165, 1.54) is 12.8 Å². The lowest BCUT2D eigenvalue weighted by atomic mass is 9.86. The second-order valence-corrected chi connectivity index (χ2v) is 5.12. The van der Waals surface area contributed by atoms with E-state index >= 15 is 0 Å². The van der Waals surface area contributed by atoms with Gasteiger partial charge in [-0.15, -0.1) is 0 Å². The highest BCUT2D eigenvalue weighted by molar-refractivity contribution is 5.42. The Bertz CT molecular complexity index is 426. The minimum Gasteiger partial charge on any atom is -0.493 e. The molecule has 112 valence electrons. The van der Waals surface area contributed by atoms with Crippen molar-refractivity contribution in [3.63, 3.8) is 0 Å². The number of rotatable bonds is 6. The van der Waals surface area contributed by atoms with E-state index in [1.54, 1.807) is 26.5 Å². The van der Waals surface area contributed by atoms with Crippen LogP contribution in [-0.4, -0.2) is 31.9 Å². The van der Waals surface area contributed by atoms with Crippen molar-refractivity contribution < 1.29 is 14.2 Å². The molecule has 2 rings (SSSR count). The fourth-order valence-electron chi connectivity index (χ4n) is 2.80. The van der Waals surface area contributed by atoms with Crippen LogP contribution in [0.5, 0.6) is 11.5 Å². The first kappa shape index (κ1) is 15.1. The molecule has 0 aromatic carbocycles. The molecule has 1 saturated carbocycles. The Labute approximate surface area is 120 Å². The zero-order chi connectivity index (χ0) is 14.4. The Morgan fingerprint density at radius 2 is 2.05 bits per heavy atom. The van der Waals surface area contributed by atoms with Gasteiger partial charge in [-0.2, -0.15) is 0 Å². The number of hydrogen-bond acceptors (Lipinski definition) is 5. The molecule has 0 aliphatic heterocycles. The highest BCUT2D eigenvalue weighted by atomic mass is 16.5. The van der Waals surface area contributed by atoms with E-state index in [0.29, 0.717) is 30.6 Å². The predicted molar refractivity (Wildman–Crippen MR) is 76.9 cm³/mol. The number of nitrogens with two attached hydrogens (primary N) is 1. The van der Waals surface area contributed by atoms with E-state index in [9.17, 15) is 0 Å². The quantitative estimate of drug-likeness (QED) is 0.864. The van der Waals surface area contributed by atoms with Gasteiger partial charge >= 0.3 is 0 Å². The number of pyridine rings is 1. The Hall–Kier alpha value is -1.33. The Kier molecular flexibility index (Phi) is 5.61. The molecule has 2 unspecified atom stereocenters. The van der Waals surface area contributed by atoms with Crippen molar-refractivity contribution in [1.82, 2.24) is 4.98 Å². The first-order valence-electron chi connectivity index (χ1n) is 7.17. The normalized spacial score (nSPS) is 22.6. The van der Waals surface area contributed by atoms with Crippen LogP contribution in [0.3, 0.4) is 0 Å². The molecule has 0 saturated heterocycles. The van der Waals surface area contributed by atoms with Crippen molar-refractivity contribution in [2.75, 3.05) is 20.8 Å². The van der Waals surface area contributed by atoms with Gasteiger partial charge in [0.15, 0.2) is 11.5 Å². The largest absolute Gasteiger partial charge is 0.493 e. The first-order chi connectivity index (χ1) is 9.80. The predicted octanol–water partition coefficient (Wildman–Crippen LogP) is 2.13. The number of methoxy groups -OCH3 is 2. The fourth-order valence-corrected chi connectivity index (χ4v) is 2.80. The molecular formula is C15H24N2O3. The number of ether oxygens (including phenoxy) is 3. The number of aromatic nitrogens is 1. The molecule has 1 aromatic heterocycles. The van der Waals surface area contributed by atoms with E-state index in [-0.39, 0.29) is 6.10 Å². The van der Waals surface area contributed by atoms with Gasteiger partial charge in [-0.1, -0.05) is 12.8 Å². The second kappa shape index (κ2) is 7.45. The lowest BCUT2D eigenvalue weighted by Crippen LogP contribution is -2.33. The third-order valence-electron chi connectivity index (χ3n) is 3.94. The summed E-state index contributed by atoms with van der Waals surface area (Å²) in [5.74, 6) is 1.79. The van der Waals surface area contributed by atoms with Crippen LogP contribution in [0.15, 0.2) is 12.3 Å². The van der Waals surface area contributed by atoms with Crippen LogP contribution >= 0.6 is 0 Å². The summed E-state index contributed by atoms with van der Waals surface area (Å²) >= 11 is 0. The van der Waals surface area contributed by atoms with Gasteiger partial charge in [0.25, 0.3) is 0 Å². The molecule has 1 aliphatic rings. The summed E-state index contributed by atoms with van der Waals surface area (Å²) in [5.41, 5.74) is 6.60. The molecule has 0 bridgehead atoms. The van der Waals surface area contributed by atoms with Crippen molar-refractivity contribution in [2.24, 2.45) is 11.7 Å². The monoisotopic (exact) mass is 280 g/mol. The highest BCUT2D eigenvalue weighted by Crippen LogP contribution is 2.31. The maximum Gasteiger partial charge on any atom is 0.184 e. The lowest BCUT2D eigenvalue weighted by Gasteiger charge is -2.30. The molecule has 20 heavy (non-hydrogen) atoms. The standard InChI is InChI=1S/C15H24N2O3/c1-18-14-7-8-17-12(15(14)19-2)10-20-13-6-4-3-5-11(13)9-16/h7-8,11,13H,3-6,9-10,16H2,1-2H3. The van der Waals surface area contributed by atoms with Crippen LogP contribution in [-0.2, 0) is 11.3 Å². The van der Waals surface area contributed by atoms with Crippen molar-refractivity contribution in [2.45, 2.75) is 38.4 Å². The third kappa shape index (κ3) is 3.41. The zero-order valence-electron chi connectivity index (χ0n) is 12.3. The molecular weight excluding hydrogens is 256 g/mol. The number of hydrogen-bond donors (Lipinski definition) is 1. The molecule has 1 aromatic rings. The molecule has 5 heteroatoms. The average molecular weight is 280 g/mol. The van der Waals surface area contributed by atoms with Gasteiger partial charge in [0.2, 0.25) is 0 Å². The summed E-state index contributed by atoms with van der Waals surface area (Å²) in [6, 6.07) is 1.78. The zero-order valence-corrected chi connectivity index (χ0v) is 12.3. The second-order valence-electron chi connectivity index (χ2n) is 5.12. The van der Waals surface area contributed by atoms with Gasteiger partial charge in [-0.25, -0.2) is 0 Å². The summed E-state index contributed by atoms with van der Waals surface area (Å²) in [7, 11) is 3.24. The summed E-state index contributed by atoms with van der Waals surface area (Å²) in [6.07, 6.45) is 6.64. The maximum atomic E-state index is 6.04. The topological polar surface area (TPSA) is 66.6 Å². The Morgan fingerprint density at radius 3 is 2.75 bits per heavy atom. The minimum absolute atomic E-state index is 0.228. The van der Waals surface area contributed by atoms with Gasteiger partial charge < -0.3 is 19.9 Å². The molecule has 1 fully saturated rings. The summed E-state index contributed by atoms with van der Waals surface area (Å²) in [5, 5.41) is 0. The molecule has 2 N–H and O–H groups in total. The average Bonchev–Trinajstić information content (AvgIpc) is 2.52. The molecule has 1 heterocycles. The Morgan fingerprint density at radius 1 is 1.25 bits per heavy atom. The van der Waals surface area contributed by atoms with Gasteiger partial charge in [0.05, 0.1) is 26.9 Å². The summed E-state index contributed by atoms with van der Waals surface area (Å²) in [4.78, 5) is 4.33. The van der Waals surface area contributed by atoms with Gasteiger partial charge in [0, 0.05) is 12.3 Å². The van der Waals surface area contributed by atoms with E-state index in [4.69, 9.17) is 19.9 Å². The minimum atomic E-state index is 0.228. The fraction of sp³-hybridized carbons (Fsp3) is 0.667. The van der Waals surface area contributed by atoms with Crippen molar-refractivity contribution in [1.29, 1.82) is 0 Å². The van der Waals surface area contributed by atoms with Crippen molar-refractivity contribution in [3.05, 3.63) is 18.0 Å². The van der Waals surface area contributed by atoms with Gasteiger partial charge in [0.1, 0.15) is 5.69 Å². The number of nitrogens with zero attached hydrogens (tertiary/aromatic N) is 1. The van der Waals surface area contributed by atoms with E-state index in [1.807, 2.05) is 0 Å². The SMILES string of the molecule is COc1ccnc(COC2CCCCC2CN)c1OC. The van der Waals surface area contributed by atoms with Crippen LogP contribution in [0, 0.1) is 5.92 Å². The molecule has 2 atom stereocenters. The lowest BCUT2D eigenvalue weighted by molar-refractivity contribution is -0.0203. The van der Waals surface area contributed by atoms with Crippen LogP contribution < -0.4 is 15.2 Å². The van der Waals surface area contributed by atoms with Crippen molar-refractivity contribution in [3.8, 4) is 11.5 Å². The van der Waals surface area contributed by atoms with Crippen LogP contribution in [0.4, 0.5) is 0 Å². The summed E-state index contributed by atoms with van der Waals surface area (Å²) < 4.78 is 16.7. The van der Waals surface area contributed by atoms with Gasteiger partial charge in [-0.3, -0.25) is 4.98 Å². The molecule has 0 amide bonds. The van der Waals surface area contributed by atoms with Crippen LogP contribution in [0.1, 0.15) is 31.4 Å². The molecule has 5 nitrogen and oxygen atoms in total. The van der Waals surface area contributed by atoms with Gasteiger partial charge in [-0.05, 0) is 25.3 Å². The maximum absolute atomic E-state index is 6.04. The highest BCUT2D eigenvalue weighted by Gasteiger charge is 2.25. The van der Waals surface area contributed by atoms with Crippen molar-refractivity contribution >= 4 is 0 Å². The van der Waals surface area contributed by atoms with E-state index in [0.717, 1.165) is 18.5 Å². The van der Waals surface area contributed by atoms with E-state index < -0.39 is 0 Å². The first-order valence-corrected chi connectivity index (χ1v) is 7.17. The Balaban J connectivity index is 2.03. The molecule has 0 radical (unpaired) electrons. The van der Waals surface area contributed by atoms with Crippen LogP contribution in [0.2, 0.25) is 0 Å².